The third-order valence-electron chi connectivity index (χ3n) is 3.29. The van der Waals surface area contributed by atoms with Crippen LogP contribution in [-0.4, -0.2) is 12.1 Å². The van der Waals surface area contributed by atoms with Gasteiger partial charge in [-0.1, -0.05) is 30.3 Å². The van der Waals surface area contributed by atoms with Gasteiger partial charge in [0.1, 0.15) is 5.75 Å². The first kappa shape index (κ1) is 14.4. The Labute approximate surface area is 124 Å². The van der Waals surface area contributed by atoms with Gasteiger partial charge in [-0.3, -0.25) is 0 Å². The molecule has 0 amide bonds. The van der Waals surface area contributed by atoms with Gasteiger partial charge in [-0.25, -0.2) is 4.98 Å². The van der Waals surface area contributed by atoms with E-state index in [2.05, 4.69) is 25.1 Å². The van der Waals surface area contributed by atoms with Crippen LogP contribution in [0, 0.1) is 6.92 Å². The van der Waals surface area contributed by atoms with Crippen LogP contribution in [0.5, 0.6) is 5.75 Å². The summed E-state index contributed by atoms with van der Waals surface area (Å²) in [5, 5.41) is 1.20. The van der Waals surface area contributed by atoms with Crippen LogP contribution in [0.15, 0.2) is 54.6 Å². The largest absolute Gasteiger partial charge is 0.497 e. The number of pyridine rings is 1. The number of ether oxygens (including phenoxy) is 1. The SMILES string of the molecule is COc1cccc(-c2cc(C)c3ccccc3n2)c1.Cl. The van der Waals surface area contributed by atoms with Crippen molar-refractivity contribution < 1.29 is 4.74 Å². The second kappa shape index (κ2) is 5.93. The Morgan fingerprint density at radius 1 is 0.950 bits per heavy atom. The van der Waals surface area contributed by atoms with E-state index >= 15 is 0 Å². The summed E-state index contributed by atoms with van der Waals surface area (Å²) in [6.45, 7) is 2.12. The Hall–Kier alpha value is -2.06. The molecule has 0 bridgehead atoms. The minimum absolute atomic E-state index is 0. The van der Waals surface area contributed by atoms with Gasteiger partial charge < -0.3 is 4.74 Å². The standard InChI is InChI=1S/C17H15NO.ClH/c1-12-10-17(13-6-5-7-14(11-13)19-2)18-16-9-4-3-8-15(12)16;/h3-11H,1-2H3;1H. The second-order valence-electron chi connectivity index (χ2n) is 4.57. The molecule has 3 heteroatoms. The fraction of sp³-hybridized carbons (Fsp3) is 0.118. The molecule has 0 atom stereocenters. The normalized spacial score (nSPS) is 10.1. The third kappa shape index (κ3) is 2.61. The molecule has 102 valence electrons. The first-order valence-electron chi connectivity index (χ1n) is 6.29. The van der Waals surface area contributed by atoms with E-state index in [1.165, 1.54) is 10.9 Å². The number of fused-ring (bicyclic) bond motifs is 1. The lowest BCUT2D eigenvalue weighted by Crippen LogP contribution is -1.89. The number of halogens is 1. The number of hydrogen-bond donors (Lipinski definition) is 0. The molecule has 0 aliphatic rings. The molecule has 1 aromatic heterocycles. The Morgan fingerprint density at radius 3 is 2.55 bits per heavy atom. The summed E-state index contributed by atoms with van der Waals surface area (Å²) < 4.78 is 5.27. The molecule has 0 saturated carbocycles. The number of rotatable bonds is 2. The van der Waals surface area contributed by atoms with Crippen LogP contribution in [0.4, 0.5) is 0 Å². The van der Waals surface area contributed by atoms with E-state index in [1.54, 1.807) is 7.11 Å². The van der Waals surface area contributed by atoms with Gasteiger partial charge >= 0.3 is 0 Å². The van der Waals surface area contributed by atoms with Crippen molar-refractivity contribution in [2.24, 2.45) is 0 Å². The van der Waals surface area contributed by atoms with Crippen LogP contribution in [0.3, 0.4) is 0 Å². The highest BCUT2D eigenvalue weighted by Crippen LogP contribution is 2.26. The molecule has 2 nitrogen and oxygen atoms in total. The first-order valence-corrected chi connectivity index (χ1v) is 6.29. The molecule has 0 fully saturated rings. The van der Waals surface area contributed by atoms with Crippen LogP contribution in [0.1, 0.15) is 5.56 Å². The maximum Gasteiger partial charge on any atom is 0.119 e. The Kier molecular flexibility index (Phi) is 4.26. The van der Waals surface area contributed by atoms with Gasteiger partial charge in [0.25, 0.3) is 0 Å². The van der Waals surface area contributed by atoms with Crippen molar-refractivity contribution in [1.29, 1.82) is 0 Å². The highest BCUT2D eigenvalue weighted by Gasteiger charge is 2.05. The minimum Gasteiger partial charge on any atom is -0.497 e. The predicted molar refractivity (Wildman–Crippen MR) is 85.7 cm³/mol. The summed E-state index contributed by atoms with van der Waals surface area (Å²) in [4.78, 5) is 4.73. The van der Waals surface area contributed by atoms with Crippen molar-refractivity contribution >= 4 is 23.3 Å². The number of hydrogen-bond acceptors (Lipinski definition) is 2. The lowest BCUT2D eigenvalue weighted by Gasteiger charge is -2.08. The third-order valence-corrected chi connectivity index (χ3v) is 3.29. The van der Waals surface area contributed by atoms with E-state index in [0.29, 0.717) is 0 Å². The van der Waals surface area contributed by atoms with Crippen LogP contribution in [0.25, 0.3) is 22.2 Å². The van der Waals surface area contributed by atoms with Gasteiger partial charge in [-0.05, 0) is 36.8 Å². The molecule has 3 rings (SSSR count). The van der Waals surface area contributed by atoms with Crippen molar-refractivity contribution in [3.05, 3.63) is 60.2 Å². The highest BCUT2D eigenvalue weighted by molar-refractivity contribution is 5.85. The monoisotopic (exact) mass is 285 g/mol. The molecule has 0 aliphatic carbocycles. The number of methoxy groups -OCH3 is 1. The fourth-order valence-electron chi connectivity index (χ4n) is 2.28. The topological polar surface area (TPSA) is 22.1 Å². The van der Waals surface area contributed by atoms with Crippen molar-refractivity contribution in [1.82, 2.24) is 4.98 Å². The van der Waals surface area contributed by atoms with E-state index in [9.17, 15) is 0 Å². The lowest BCUT2D eigenvalue weighted by atomic mass is 10.1. The van der Waals surface area contributed by atoms with Crippen LogP contribution < -0.4 is 4.74 Å². The van der Waals surface area contributed by atoms with Gasteiger partial charge in [-0.2, -0.15) is 0 Å². The predicted octanol–water partition coefficient (Wildman–Crippen LogP) is 4.64. The maximum absolute atomic E-state index is 5.27. The van der Waals surface area contributed by atoms with Crippen molar-refractivity contribution in [2.45, 2.75) is 6.92 Å². The number of benzene rings is 2. The smallest absolute Gasteiger partial charge is 0.119 e. The molecule has 0 saturated heterocycles. The molecule has 20 heavy (non-hydrogen) atoms. The minimum atomic E-state index is 0. The van der Waals surface area contributed by atoms with E-state index < -0.39 is 0 Å². The Bertz CT molecular complexity index is 740. The summed E-state index contributed by atoms with van der Waals surface area (Å²) in [5.74, 6) is 0.852. The molecule has 1 heterocycles. The zero-order valence-corrected chi connectivity index (χ0v) is 12.3. The average Bonchev–Trinajstić information content (AvgIpc) is 2.47. The summed E-state index contributed by atoms with van der Waals surface area (Å²) >= 11 is 0. The number of para-hydroxylation sites is 1. The highest BCUT2D eigenvalue weighted by atomic mass is 35.5. The van der Waals surface area contributed by atoms with E-state index in [0.717, 1.165) is 22.5 Å². The molecule has 3 aromatic rings. The first-order chi connectivity index (χ1) is 9.28. The van der Waals surface area contributed by atoms with Gasteiger partial charge in [0.2, 0.25) is 0 Å². The summed E-state index contributed by atoms with van der Waals surface area (Å²) in [7, 11) is 1.68. The van der Waals surface area contributed by atoms with Gasteiger partial charge in [0.15, 0.2) is 0 Å². The van der Waals surface area contributed by atoms with Gasteiger partial charge in [0, 0.05) is 10.9 Å². The zero-order chi connectivity index (χ0) is 13.2. The lowest BCUT2D eigenvalue weighted by molar-refractivity contribution is 0.415. The molecule has 0 spiro atoms. The Balaban J connectivity index is 0.00000147. The fourth-order valence-corrected chi connectivity index (χ4v) is 2.28. The molecule has 0 unspecified atom stereocenters. The van der Waals surface area contributed by atoms with E-state index in [4.69, 9.17) is 9.72 Å². The number of aryl methyl sites for hydroxylation is 1. The molecule has 0 aliphatic heterocycles. The van der Waals surface area contributed by atoms with Gasteiger partial charge in [0.05, 0.1) is 18.3 Å². The van der Waals surface area contributed by atoms with E-state index in [1.807, 2.05) is 36.4 Å². The maximum atomic E-state index is 5.27. The molecular weight excluding hydrogens is 270 g/mol. The average molecular weight is 286 g/mol. The Morgan fingerprint density at radius 2 is 1.75 bits per heavy atom. The van der Waals surface area contributed by atoms with Crippen LogP contribution in [-0.2, 0) is 0 Å². The summed E-state index contributed by atoms with van der Waals surface area (Å²) in [6.07, 6.45) is 0. The van der Waals surface area contributed by atoms with Crippen molar-refractivity contribution in [3.8, 4) is 17.0 Å². The molecule has 2 aromatic carbocycles. The summed E-state index contributed by atoms with van der Waals surface area (Å²) in [5.41, 5.74) is 4.33. The van der Waals surface area contributed by atoms with Gasteiger partial charge in [-0.15, -0.1) is 12.4 Å². The quantitative estimate of drug-likeness (QED) is 0.684. The molecular formula is C17H16ClNO. The van der Waals surface area contributed by atoms with E-state index in [-0.39, 0.29) is 12.4 Å². The zero-order valence-electron chi connectivity index (χ0n) is 11.5. The van der Waals surface area contributed by atoms with Crippen LogP contribution >= 0.6 is 12.4 Å². The molecule has 0 radical (unpaired) electrons. The molecule has 0 N–H and O–H groups in total. The van der Waals surface area contributed by atoms with Crippen LogP contribution in [0.2, 0.25) is 0 Å². The number of nitrogens with zero attached hydrogens (tertiary/aromatic N) is 1. The summed E-state index contributed by atoms with van der Waals surface area (Å²) in [6, 6.07) is 18.3. The second-order valence-corrected chi connectivity index (χ2v) is 4.57. The van der Waals surface area contributed by atoms with Crippen molar-refractivity contribution in [3.63, 3.8) is 0 Å². The van der Waals surface area contributed by atoms with Crippen molar-refractivity contribution in [2.75, 3.05) is 7.11 Å². The number of aromatic nitrogens is 1.